The van der Waals surface area contributed by atoms with Crippen LogP contribution in [0.25, 0.3) is 6.08 Å². The Balaban J connectivity index is 1.74. The first-order valence-electron chi connectivity index (χ1n) is 8.00. The fraction of sp³-hybridized carbons (Fsp3) is 0.150. The van der Waals surface area contributed by atoms with Gasteiger partial charge in [-0.15, -0.1) is 0 Å². The van der Waals surface area contributed by atoms with Gasteiger partial charge in [-0.25, -0.2) is 0 Å². The maximum Gasteiger partial charge on any atom is 0.257 e. The van der Waals surface area contributed by atoms with Crippen LogP contribution in [-0.2, 0) is 4.79 Å². The van der Waals surface area contributed by atoms with Gasteiger partial charge in [0.15, 0.2) is 18.2 Å². The van der Waals surface area contributed by atoms with Crippen molar-refractivity contribution in [2.45, 2.75) is 6.92 Å². The first-order valence-corrected chi connectivity index (χ1v) is 8.00. The topological polar surface area (TPSA) is 72.5 Å². The van der Waals surface area contributed by atoms with Crippen LogP contribution in [-0.4, -0.2) is 30.6 Å². The summed E-state index contributed by atoms with van der Waals surface area (Å²) in [6.45, 7) is 2.34. The molecule has 0 spiro atoms. The van der Waals surface area contributed by atoms with E-state index in [1.54, 1.807) is 54.6 Å². The van der Waals surface area contributed by atoms with Crippen LogP contribution in [0.4, 0.5) is 0 Å². The van der Waals surface area contributed by atoms with Gasteiger partial charge in [-0.3, -0.25) is 14.4 Å². The Labute approximate surface area is 145 Å². The molecular weight excluding hydrogens is 318 g/mol. The van der Waals surface area contributed by atoms with Crippen LogP contribution >= 0.6 is 0 Å². The van der Waals surface area contributed by atoms with Gasteiger partial charge in [-0.05, 0) is 30.7 Å². The van der Waals surface area contributed by atoms with E-state index in [1.165, 1.54) is 0 Å². The fourth-order valence-corrected chi connectivity index (χ4v) is 2.63. The van der Waals surface area contributed by atoms with Crippen molar-refractivity contribution in [3.63, 3.8) is 0 Å². The number of ether oxygens (including phenoxy) is 1. The van der Waals surface area contributed by atoms with Crippen molar-refractivity contribution in [1.29, 1.82) is 0 Å². The van der Waals surface area contributed by atoms with E-state index in [4.69, 9.17) is 4.74 Å². The summed E-state index contributed by atoms with van der Waals surface area (Å²) >= 11 is 0. The predicted molar refractivity (Wildman–Crippen MR) is 93.7 cm³/mol. The number of hydrogen-bond donors (Lipinski definition) is 1. The molecule has 0 bridgehead atoms. The number of likely N-dealkylation sites (N-methyl/N-ethyl adjacent to an activating group) is 1. The zero-order valence-electron chi connectivity index (χ0n) is 13.7. The van der Waals surface area contributed by atoms with E-state index < -0.39 is 0 Å². The molecule has 2 aromatic rings. The molecule has 1 aliphatic rings. The summed E-state index contributed by atoms with van der Waals surface area (Å²) in [5, 5.41) is 2.65. The van der Waals surface area contributed by atoms with Gasteiger partial charge in [-0.2, -0.15) is 0 Å². The Kier molecular flexibility index (Phi) is 4.75. The molecule has 0 heterocycles. The third kappa shape index (κ3) is 3.50. The first-order chi connectivity index (χ1) is 12.1. The van der Waals surface area contributed by atoms with Crippen LogP contribution in [0.1, 0.15) is 33.2 Å². The van der Waals surface area contributed by atoms with Gasteiger partial charge in [-0.1, -0.05) is 36.4 Å². The lowest BCUT2D eigenvalue weighted by Crippen LogP contribution is -2.28. The first kappa shape index (κ1) is 16.6. The van der Waals surface area contributed by atoms with Crippen LogP contribution in [0.2, 0.25) is 0 Å². The number of rotatable bonds is 5. The van der Waals surface area contributed by atoms with Crippen molar-refractivity contribution in [2.75, 3.05) is 13.2 Å². The Morgan fingerprint density at radius 2 is 1.60 bits per heavy atom. The maximum absolute atomic E-state index is 12.4. The lowest BCUT2D eigenvalue weighted by atomic mass is 10.1. The highest BCUT2D eigenvalue weighted by Gasteiger charge is 2.32. The smallest absolute Gasteiger partial charge is 0.257 e. The van der Waals surface area contributed by atoms with E-state index in [-0.39, 0.29) is 29.7 Å². The second-order valence-electron chi connectivity index (χ2n) is 5.57. The normalized spacial score (nSPS) is 12.8. The molecule has 0 saturated carbocycles. The van der Waals surface area contributed by atoms with Gasteiger partial charge >= 0.3 is 0 Å². The number of carbonyl (C=O) groups excluding carboxylic acids is 3. The fourth-order valence-electron chi connectivity index (χ4n) is 2.63. The van der Waals surface area contributed by atoms with Crippen molar-refractivity contribution < 1.29 is 19.1 Å². The van der Waals surface area contributed by atoms with Crippen molar-refractivity contribution in [2.24, 2.45) is 0 Å². The SMILES string of the molecule is CCNC(=O)COc1ccc(C=C2C(=O)c3ccccc3C2=O)cc1. The second kappa shape index (κ2) is 7.13. The molecule has 25 heavy (non-hydrogen) atoms. The van der Waals surface area contributed by atoms with Crippen LogP contribution in [0, 0.1) is 0 Å². The average molecular weight is 335 g/mol. The molecule has 0 aromatic heterocycles. The lowest BCUT2D eigenvalue weighted by Gasteiger charge is -2.06. The third-order valence-electron chi connectivity index (χ3n) is 3.84. The average Bonchev–Trinajstić information content (AvgIpc) is 2.87. The van der Waals surface area contributed by atoms with E-state index in [1.807, 2.05) is 6.92 Å². The van der Waals surface area contributed by atoms with Gasteiger partial charge < -0.3 is 10.1 Å². The highest BCUT2D eigenvalue weighted by molar-refractivity contribution is 6.41. The highest BCUT2D eigenvalue weighted by Crippen LogP contribution is 2.27. The number of hydrogen-bond acceptors (Lipinski definition) is 4. The van der Waals surface area contributed by atoms with Gasteiger partial charge in [0, 0.05) is 17.7 Å². The molecule has 0 saturated heterocycles. The summed E-state index contributed by atoms with van der Waals surface area (Å²) in [4.78, 5) is 36.1. The number of Topliss-reactive ketones (excluding diaryl/α,β-unsaturated/α-hetero) is 2. The summed E-state index contributed by atoms with van der Waals surface area (Å²) in [5.74, 6) is -0.149. The quantitative estimate of drug-likeness (QED) is 0.673. The molecule has 3 rings (SSSR count). The molecule has 5 heteroatoms. The van der Waals surface area contributed by atoms with Gasteiger partial charge in [0.2, 0.25) is 0 Å². The minimum absolute atomic E-state index is 0.0550. The minimum atomic E-state index is -0.253. The van der Waals surface area contributed by atoms with Crippen molar-refractivity contribution in [3.8, 4) is 5.75 Å². The van der Waals surface area contributed by atoms with E-state index in [2.05, 4.69) is 5.32 Å². The Bertz CT molecular complexity index is 829. The van der Waals surface area contributed by atoms with Gasteiger partial charge in [0.1, 0.15) is 5.75 Å². The standard InChI is InChI=1S/C20H17NO4/c1-2-21-18(22)12-25-14-9-7-13(8-10-14)11-17-19(23)15-5-3-4-6-16(15)20(17)24/h3-11H,2,12H2,1H3,(H,21,22). The summed E-state index contributed by atoms with van der Waals surface area (Å²) in [6, 6.07) is 13.7. The highest BCUT2D eigenvalue weighted by atomic mass is 16.5. The molecule has 1 amide bonds. The van der Waals surface area contributed by atoms with Crippen LogP contribution < -0.4 is 10.1 Å². The largest absolute Gasteiger partial charge is 0.484 e. The Hall–Kier alpha value is -3.21. The molecule has 1 aliphatic carbocycles. The number of carbonyl (C=O) groups is 3. The minimum Gasteiger partial charge on any atom is -0.484 e. The lowest BCUT2D eigenvalue weighted by molar-refractivity contribution is -0.122. The monoisotopic (exact) mass is 335 g/mol. The van der Waals surface area contributed by atoms with Crippen molar-refractivity contribution >= 4 is 23.5 Å². The van der Waals surface area contributed by atoms with Crippen LogP contribution in [0.5, 0.6) is 5.75 Å². The third-order valence-corrected chi connectivity index (χ3v) is 3.84. The molecule has 2 aromatic carbocycles. The molecule has 5 nitrogen and oxygen atoms in total. The zero-order chi connectivity index (χ0) is 17.8. The van der Waals surface area contributed by atoms with E-state index >= 15 is 0 Å². The van der Waals surface area contributed by atoms with E-state index in [0.29, 0.717) is 23.4 Å². The number of benzene rings is 2. The predicted octanol–water partition coefficient (Wildman–Crippen LogP) is 2.66. The molecule has 0 unspecified atom stereocenters. The number of nitrogens with one attached hydrogen (secondary N) is 1. The summed E-state index contributed by atoms with van der Waals surface area (Å²) in [7, 11) is 0. The number of fused-ring (bicyclic) bond motifs is 1. The van der Waals surface area contributed by atoms with Crippen molar-refractivity contribution in [3.05, 3.63) is 70.8 Å². The van der Waals surface area contributed by atoms with E-state index in [0.717, 1.165) is 5.56 Å². The van der Waals surface area contributed by atoms with E-state index in [9.17, 15) is 14.4 Å². The summed E-state index contributed by atoms with van der Waals surface area (Å²) in [6.07, 6.45) is 1.58. The number of allylic oxidation sites excluding steroid dienone is 1. The Morgan fingerprint density at radius 1 is 1.00 bits per heavy atom. The molecule has 1 N–H and O–H groups in total. The summed E-state index contributed by atoms with van der Waals surface area (Å²) in [5.41, 5.74) is 1.77. The van der Waals surface area contributed by atoms with Crippen LogP contribution in [0.3, 0.4) is 0 Å². The van der Waals surface area contributed by atoms with Crippen LogP contribution in [0.15, 0.2) is 54.1 Å². The number of ketones is 2. The second-order valence-corrected chi connectivity index (χ2v) is 5.57. The molecule has 0 fully saturated rings. The van der Waals surface area contributed by atoms with Gasteiger partial charge in [0.25, 0.3) is 5.91 Å². The maximum atomic E-state index is 12.4. The molecule has 0 atom stereocenters. The molecular formula is C20H17NO4. The van der Waals surface area contributed by atoms with Crippen molar-refractivity contribution in [1.82, 2.24) is 5.32 Å². The molecule has 0 radical (unpaired) electrons. The molecule has 126 valence electrons. The summed E-state index contributed by atoms with van der Waals surface area (Å²) < 4.78 is 5.37. The Morgan fingerprint density at radius 3 is 2.16 bits per heavy atom. The molecule has 0 aliphatic heterocycles. The number of amides is 1. The van der Waals surface area contributed by atoms with Gasteiger partial charge in [0.05, 0.1) is 5.57 Å². The zero-order valence-corrected chi connectivity index (χ0v) is 13.7.